The van der Waals surface area contributed by atoms with Crippen LogP contribution in [0.5, 0.6) is 11.5 Å². The zero-order chi connectivity index (χ0) is 13.7. The molecule has 0 amide bonds. The lowest BCUT2D eigenvalue weighted by molar-refractivity contribution is 0.284. The molecule has 0 unspecified atom stereocenters. The molecule has 2 aromatic rings. The first-order valence-corrected chi connectivity index (χ1v) is 6.58. The Labute approximate surface area is 115 Å². The van der Waals surface area contributed by atoms with Crippen molar-refractivity contribution in [3.05, 3.63) is 59.2 Å². The van der Waals surface area contributed by atoms with E-state index in [4.69, 9.17) is 9.47 Å². The second kappa shape index (κ2) is 6.28. The zero-order valence-corrected chi connectivity index (χ0v) is 11.8. The average Bonchev–Trinajstić information content (AvgIpc) is 2.46. The van der Waals surface area contributed by atoms with Gasteiger partial charge in [0.1, 0.15) is 6.61 Å². The second-order valence-corrected chi connectivity index (χ2v) is 4.61. The molecule has 2 rings (SSSR count). The third kappa shape index (κ3) is 3.50. The van der Waals surface area contributed by atoms with Crippen LogP contribution in [-0.4, -0.2) is 7.11 Å². The van der Waals surface area contributed by atoms with E-state index in [0.29, 0.717) is 6.61 Å². The van der Waals surface area contributed by atoms with Gasteiger partial charge in [-0.25, -0.2) is 0 Å². The molecule has 0 fully saturated rings. The summed E-state index contributed by atoms with van der Waals surface area (Å²) in [6, 6.07) is 14.4. The number of aryl methyl sites for hydroxylation is 2. The van der Waals surface area contributed by atoms with Gasteiger partial charge in [0, 0.05) is 0 Å². The highest BCUT2D eigenvalue weighted by atomic mass is 16.5. The van der Waals surface area contributed by atoms with Crippen molar-refractivity contribution in [3.8, 4) is 11.5 Å². The van der Waals surface area contributed by atoms with E-state index in [0.717, 1.165) is 23.5 Å². The fraction of sp³-hybridized carbons (Fsp3) is 0.294. The molecule has 0 spiro atoms. The van der Waals surface area contributed by atoms with Gasteiger partial charge in [-0.05, 0) is 36.6 Å². The highest BCUT2D eigenvalue weighted by Crippen LogP contribution is 2.29. The van der Waals surface area contributed by atoms with E-state index < -0.39 is 0 Å². The number of methoxy groups -OCH3 is 1. The molecule has 0 saturated carbocycles. The van der Waals surface area contributed by atoms with Crippen molar-refractivity contribution in [1.82, 2.24) is 0 Å². The molecule has 0 aliphatic rings. The molecule has 0 aromatic heterocycles. The molecule has 0 atom stereocenters. The Kier molecular flexibility index (Phi) is 4.45. The maximum atomic E-state index is 5.83. The Morgan fingerprint density at radius 1 is 0.895 bits per heavy atom. The topological polar surface area (TPSA) is 18.5 Å². The van der Waals surface area contributed by atoms with Gasteiger partial charge < -0.3 is 9.47 Å². The zero-order valence-electron chi connectivity index (χ0n) is 11.8. The first-order chi connectivity index (χ1) is 9.22. The third-order valence-electron chi connectivity index (χ3n) is 3.15. The summed E-state index contributed by atoms with van der Waals surface area (Å²) in [6.45, 7) is 4.76. The summed E-state index contributed by atoms with van der Waals surface area (Å²) in [5, 5.41) is 0. The van der Waals surface area contributed by atoms with Crippen molar-refractivity contribution < 1.29 is 9.47 Å². The van der Waals surface area contributed by atoms with Crippen LogP contribution in [0.15, 0.2) is 42.5 Å². The number of hydrogen-bond acceptors (Lipinski definition) is 2. The quantitative estimate of drug-likeness (QED) is 0.800. The van der Waals surface area contributed by atoms with Crippen molar-refractivity contribution in [2.75, 3.05) is 7.11 Å². The number of ether oxygens (including phenoxy) is 2. The summed E-state index contributed by atoms with van der Waals surface area (Å²) in [5.74, 6) is 1.59. The van der Waals surface area contributed by atoms with Crippen LogP contribution < -0.4 is 9.47 Å². The SMILES string of the molecule is CCc1ccc(OCc2ccc(C)cc2)c(OC)c1. The minimum absolute atomic E-state index is 0.558. The first-order valence-electron chi connectivity index (χ1n) is 6.58. The van der Waals surface area contributed by atoms with Crippen LogP contribution in [0.4, 0.5) is 0 Å². The number of benzene rings is 2. The lowest BCUT2D eigenvalue weighted by Crippen LogP contribution is -1.98. The van der Waals surface area contributed by atoms with Crippen LogP contribution >= 0.6 is 0 Å². The van der Waals surface area contributed by atoms with E-state index in [2.05, 4.69) is 44.2 Å². The lowest BCUT2D eigenvalue weighted by Gasteiger charge is -2.12. The van der Waals surface area contributed by atoms with Gasteiger partial charge in [0.2, 0.25) is 0 Å². The van der Waals surface area contributed by atoms with Gasteiger partial charge in [-0.2, -0.15) is 0 Å². The van der Waals surface area contributed by atoms with Crippen LogP contribution in [0.2, 0.25) is 0 Å². The summed E-state index contributed by atoms with van der Waals surface area (Å²) >= 11 is 0. The molecule has 2 aromatic carbocycles. The molecular weight excluding hydrogens is 236 g/mol. The molecule has 100 valence electrons. The van der Waals surface area contributed by atoms with Crippen LogP contribution in [0.25, 0.3) is 0 Å². The molecule has 0 aliphatic carbocycles. The van der Waals surface area contributed by atoms with Crippen LogP contribution in [0.3, 0.4) is 0 Å². The van der Waals surface area contributed by atoms with Crippen LogP contribution in [0, 0.1) is 6.92 Å². The van der Waals surface area contributed by atoms with E-state index in [1.807, 2.05) is 12.1 Å². The summed E-state index contributed by atoms with van der Waals surface area (Å²) in [5.41, 5.74) is 3.67. The largest absolute Gasteiger partial charge is 0.493 e. The molecule has 19 heavy (non-hydrogen) atoms. The first kappa shape index (κ1) is 13.5. The number of hydrogen-bond donors (Lipinski definition) is 0. The summed E-state index contributed by atoms with van der Waals surface area (Å²) < 4.78 is 11.2. The normalized spacial score (nSPS) is 10.3. The van der Waals surface area contributed by atoms with E-state index in [1.165, 1.54) is 11.1 Å². The number of rotatable bonds is 5. The molecule has 2 heteroatoms. The van der Waals surface area contributed by atoms with Gasteiger partial charge in [-0.1, -0.05) is 42.8 Å². The summed E-state index contributed by atoms with van der Waals surface area (Å²) in [7, 11) is 1.67. The van der Waals surface area contributed by atoms with Gasteiger partial charge in [-0.3, -0.25) is 0 Å². The Balaban J connectivity index is 2.08. The molecule has 0 radical (unpaired) electrons. The standard InChI is InChI=1S/C17H20O2/c1-4-14-9-10-16(17(11-14)18-3)19-12-15-7-5-13(2)6-8-15/h5-11H,4,12H2,1-3H3. The maximum Gasteiger partial charge on any atom is 0.161 e. The van der Waals surface area contributed by atoms with Crippen molar-refractivity contribution in [1.29, 1.82) is 0 Å². The van der Waals surface area contributed by atoms with E-state index in [-0.39, 0.29) is 0 Å². The van der Waals surface area contributed by atoms with Gasteiger partial charge in [0.15, 0.2) is 11.5 Å². The monoisotopic (exact) mass is 256 g/mol. The summed E-state index contributed by atoms with van der Waals surface area (Å²) in [4.78, 5) is 0. The third-order valence-corrected chi connectivity index (χ3v) is 3.15. The molecule has 0 N–H and O–H groups in total. The Hall–Kier alpha value is -1.96. The van der Waals surface area contributed by atoms with Crippen LogP contribution in [0.1, 0.15) is 23.6 Å². The van der Waals surface area contributed by atoms with Gasteiger partial charge in [0.05, 0.1) is 7.11 Å². The van der Waals surface area contributed by atoms with Crippen molar-refractivity contribution in [2.45, 2.75) is 26.9 Å². The highest BCUT2D eigenvalue weighted by Gasteiger charge is 2.05. The molecule has 2 nitrogen and oxygen atoms in total. The van der Waals surface area contributed by atoms with Gasteiger partial charge in [0.25, 0.3) is 0 Å². The summed E-state index contributed by atoms with van der Waals surface area (Å²) in [6.07, 6.45) is 0.995. The maximum absolute atomic E-state index is 5.83. The predicted molar refractivity (Wildman–Crippen MR) is 77.9 cm³/mol. The average molecular weight is 256 g/mol. The van der Waals surface area contributed by atoms with E-state index >= 15 is 0 Å². The Bertz CT molecular complexity index is 529. The fourth-order valence-electron chi connectivity index (χ4n) is 1.90. The minimum Gasteiger partial charge on any atom is -0.493 e. The molecular formula is C17H20O2. The van der Waals surface area contributed by atoms with Gasteiger partial charge >= 0.3 is 0 Å². The highest BCUT2D eigenvalue weighted by molar-refractivity contribution is 5.43. The molecule has 0 bridgehead atoms. The fourth-order valence-corrected chi connectivity index (χ4v) is 1.90. The van der Waals surface area contributed by atoms with Crippen LogP contribution in [-0.2, 0) is 13.0 Å². The molecule has 0 heterocycles. The van der Waals surface area contributed by atoms with Crippen molar-refractivity contribution in [3.63, 3.8) is 0 Å². The Morgan fingerprint density at radius 3 is 2.21 bits per heavy atom. The Morgan fingerprint density at radius 2 is 1.58 bits per heavy atom. The van der Waals surface area contributed by atoms with Gasteiger partial charge in [-0.15, -0.1) is 0 Å². The molecule has 0 aliphatic heterocycles. The predicted octanol–water partition coefficient (Wildman–Crippen LogP) is 4.15. The second-order valence-electron chi connectivity index (χ2n) is 4.61. The molecule has 0 saturated heterocycles. The van der Waals surface area contributed by atoms with E-state index in [9.17, 15) is 0 Å². The lowest BCUT2D eigenvalue weighted by atomic mass is 10.1. The minimum atomic E-state index is 0.558. The van der Waals surface area contributed by atoms with Crippen molar-refractivity contribution in [2.24, 2.45) is 0 Å². The van der Waals surface area contributed by atoms with Crippen molar-refractivity contribution >= 4 is 0 Å². The smallest absolute Gasteiger partial charge is 0.161 e. The van der Waals surface area contributed by atoms with E-state index in [1.54, 1.807) is 7.11 Å².